The highest BCUT2D eigenvalue weighted by atomic mass is 32.2. The zero-order chi connectivity index (χ0) is 22.4. The van der Waals surface area contributed by atoms with Crippen molar-refractivity contribution >= 4 is 19.9 Å². The molecule has 0 atom stereocenters. The van der Waals surface area contributed by atoms with Gasteiger partial charge in [0.25, 0.3) is 0 Å². The van der Waals surface area contributed by atoms with Crippen molar-refractivity contribution in [3.05, 3.63) is 47.5 Å². The first-order valence-corrected chi connectivity index (χ1v) is 12.1. The van der Waals surface area contributed by atoms with Gasteiger partial charge in [0, 0.05) is 12.6 Å². The molecule has 0 heterocycles. The van der Waals surface area contributed by atoms with Crippen LogP contribution in [0.25, 0.3) is 0 Å². The fourth-order valence-corrected chi connectivity index (χ4v) is 5.20. The maximum absolute atomic E-state index is 12.5. The molecule has 0 radical (unpaired) electrons. The van der Waals surface area contributed by atoms with Crippen LogP contribution >= 0.6 is 0 Å². The van der Waals surface area contributed by atoms with E-state index in [1.54, 1.807) is 0 Å². The van der Waals surface area contributed by atoms with Crippen LogP contribution in [0.4, 0.5) is 0 Å². The molecule has 2 aromatic carbocycles. The highest BCUT2D eigenvalue weighted by molar-refractivity contribution is 7.91. The molecule has 0 amide bonds. The summed E-state index contributed by atoms with van der Waals surface area (Å²) in [6.07, 6.45) is 0.0531. The predicted molar refractivity (Wildman–Crippen MR) is 110 cm³/mol. The van der Waals surface area contributed by atoms with Crippen LogP contribution in [0.15, 0.2) is 46.2 Å². The number of sulfone groups is 1. The normalized spacial score (nSPS) is 12.0. The van der Waals surface area contributed by atoms with Gasteiger partial charge in [0.15, 0.2) is 21.3 Å². The number of methoxy groups -OCH3 is 2. The molecule has 0 bridgehead atoms. The molecule has 9 nitrogen and oxygen atoms in total. The quantitative estimate of drug-likeness (QED) is 0.420. The zero-order valence-corrected chi connectivity index (χ0v) is 18.3. The Morgan fingerprint density at radius 2 is 1.47 bits per heavy atom. The molecule has 3 N–H and O–H groups in total. The Morgan fingerprint density at radius 1 is 0.833 bits per heavy atom. The van der Waals surface area contributed by atoms with Crippen LogP contribution in [-0.2, 0) is 33.1 Å². The van der Waals surface area contributed by atoms with E-state index in [0.717, 1.165) is 0 Å². The van der Waals surface area contributed by atoms with Gasteiger partial charge in [-0.2, -0.15) is 0 Å². The van der Waals surface area contributed by atoms with Gasteiger partial charge in [-0.1, -0.05) is 6.07 Å². The second-order valence-corrected chi connectivity index (χ2v) is 10.2. The minimum atomic E-state index is -3.89. The van der Waals surface area contributed by atoms with E-state index in [9.17, 15) is 27.0 Å². The number of aliphatic hydroxyl groups excluding tert-OH is 2. The van der Waals surface area contributed by atoms with E-state index >= 15 is 0 Å². The van der Waals surface area contributed by atoms with Crippen molar-refractivity contribution in [2.45, 2.75) is 29.4 Å². The van der Waals surface area contributed by atoms with E-state index in [4.69, 9.17) is 9.47 Å². The summed E-state index contributed by atoms with van der Waals surface area (Å²) in [5.41, 5.74) is 0.730. The largest absolute Gasteiger partial charge is 0.493 e. The van der Waals surface area contributed by atoms with Gasteiger partial charge in [-0.15, -0.1) is 0 Å². The highest BCUT2D eigenvalue weighted by Crippen LogP contribution is 2.29. The van der Waals surface area contributed by atoms with Gasteiger partial charge in [0.2, 0.25) is 10.0 Å². The van der Waals surface area contributed by atoms with Crippen LogP contribution in [0, 0.1) is 0 Å². The molecule has 0 spiro atoms. The average Bonchev–Trinajstić information content (AvgIpc) is 2.75. The average molecular weight is 460 g/mol. The van der Waals surface area contributed by atoms with Gasteiger partial charge in [0.1, 0.15) is 0 Å². The number of aliphatic hydroxyl groups is 2. The van der Waals surface area contributed by atoms with Gasteiger partial charge in [-0.3, -0.25) is 0 Å². The van der Waals surface area contributed by atoms with Crippen LogP contribution in [0.5, 0.6) is 11.5 Å². The Labute approximate surface area is 176 Å². The minimum Gasteiger partial charge on any atom is -0.493 e. The maximum atomic E-state index is 12.5. The molecular formula is C19H25NO8S2. The third kappa shape index (κ3) is 5.70. The van der Waals surface area contributed by atoms with Crippen LogP contribution < -0.4 is 14.2 Å². The van der Waals surface area contributed by atoms with E-state index < -0.39 is 26.5 Å². The van der Waals surface area contributed by atoms with Gasteiger partial charge in [0.05, 0.1) is 43.0 Å². The van der Waals surface area contributed by atoms with Gasteiger partial charge < -0.3 is 19.7 Å². The smallest absolute Gasteiger partial charge is 0.240 e. The van der Waals surface area contributed by atoms with Crippen molar-refractivity contribution in [1.29, 1.82) is 0 Å². The summed E-state index contributed by atoms with van der Waals surface area (Å²) in [6.45, 7) is -0.828. The number of hydrogen-bond acceptors (Lipinski definition) is 8. The number of hydrogen-bond donors (Lipinski definition) is 3. The first-order chi connectivity index (χ1) is 14.2. The third-order valence-electron chi connectivity index (χ3n) is 4.42. The lowest BCUT2D eigenvalue weighted by Crippen LogP contribution is -2.26. The molecule has 2 rings (SSSR count). The van der Waals surface area contributed by atoms with Gasteiger partial charge >= 0.3 is 0 Å². The molecule has 166 valence electrons. The zero-order valence-electron chi connectivity index (χ0n) is 16.7. The summed E-state index contributed by atoms with van der Waals surface area (Å²) in [4.78, 5) is -0.0262. The molecule has 0 aliphatic rings. The fourth-order valence-electron chi connectivity index (χ4n) is 2.75. The van der Waals surface area contributed by atoms with Crippen molar-refractivity contribution in [3.8, 4) is 11.5 Å². The lowest BCUT2D eigenvalue weighted by atomic mass is 10.1. The Balaban J connectivity index is 2.03. The minimum absolute atomic E-state index is 0.0511. The molecule has 0 saturated carbocycles. The van der Waals surface area contributed by atoms with Crippen LogP contribution in [-0.4, -0.2) is 53.6 Å². The summed E-state index contributed by atoms with van der Waals surface area (Å²) >= 11 is 0. The summed E-state index contributed by atoms with van der Waals surface area (Å²) in [6, 6.07) is 8.25. The number of nitrogens with one attached hydrogen (secondary N) is 1. The number of benzene rings is 2. The van der Waals surface area contributed by atoms with E-state index in [1.165, 1.54) is 50.6 Å². The van der Waals surface area contributed by atoms with E-state index in [0.29, 0.717) is 16.9 Å². The first-order valence-electron chi connectivity index (χ1n) is 8.96. The fraction of sp³-hybridized carbons (Fsp3) is 0.368. The molecule has 0 fully saturated rings. The molecule has 2 aromatic rings. The lowest BCUT2D eigenvalue weighted by Gasteiger charge is -2.11. The second-order valence-electron chi connectivity index (χ2n) is 6.33. The lowest BCUT2D eigenvalue weighted by molar-refractivity contribution is 0.259. The SMILES string of the molecule is COc1ccc(S(=O)(=O)CCCNS(=O)(=O)c2ccc(CO)c(CO)c2)cc1OC. The number of rotatable bonds is 11. The number of ether oxygens (including phenoxy) is 2. The Kier molecular flexibility index (Phi) is 8.21. The molecule has 0 aliphatic heterocycles. The third-order valence-corrected chi connectivity index (χ3v) is 7.68. The molecule has 11 heteroatoms. The summed E-state index contributed by atoms with van der Waals surface area (Å²) in [5.74, 6) is 0.417. The second kappa shape index (κ2) is 10.2. The summed E-state index contributed by atoms with van der Waals surface area (Å²) in [7, 11) is -4.70. The molecule has 0 unspecified atom stereocenters. The van der Waals surface area contributed by atoms with Crippen LogP contribution in [0.3, 0.4) is 0 Å². The molecule has 0 saturated heterocycles. The van der Waals surface area contributed by atoms with Crippen molar-refractivity contribution in [2.24, 2.45) is 0 Å². The molecule has 0 aliphatic carbocycles. The summed E-state index contributed by atoms with van der Waals surface area (Å²) < 4.78 is 62.4. The summed E-state index contributed by atoms with van der Waals surface area (Å²) in [5, 5.41) is 18.5. The molecule has 0 aromatic heterocycles. The van der Waals surface area contributed by atoms with Crippen molar-refractivity contribution < 1.29 is 36.5 Å². The van der Waals surface area contributed by atoms with E-state index in [2.05, 4.69) is 4.72 Å². The molecular weight excluding hydrogens is 434 g/mol. The van der Waals surface area contributed by atoms with Crippen LogP contribution in [0.1, 0.15) is 17.5 Å². The van der Waals surface area contributed by atoms with Crippen LogP contribution in [0.2, 0.25) is 0 Å². The topological polar surface area (TPSA) is 139 Å². The predicted octanol–water partition coefficient (Wildman–Crippen LogP) is 0.831. The standard InChI is InChI=1S/C19H25NO8S2/c1-27-18-7-6-16(11-19(18)28-2)29(23,24)9-3-8-20-30(25,26)17-5-4-14(12-21)15(10-17)13-22/h4-7,10-11,20-22H,3,8-9,12-13H2,1-2H3. The van der Waals surface area contributed by atoms with Gasteiger partial charge in [-0.05, 0) is 41.8 Å². The Morgan fingerprint density at radius 3 is 2.07 bits per heavy atom. The number of sulfonamides is 1. The van der Waals surface area contributed by atoms with Crippen molar-refractivity contribution in [2.75, 3.05) is 26.5 Å². The first kappa shape index (κ1) is 24.1. The van der Waals surface area contributed by atoms with Crippen molar-refractivity contribution in [3.63, 3.8) is 0 Å². The Bertz CT molecular complexity index is 994. The highest BCUT2D eigenvalue weighted by Gasteiger charge is 2.19. The molecule has 30 heavy (non-hydrogen) atoms. The monoisotopic (exact) mass is 459 g/mol. The van der Waals surface area contributed by atoms with E-state index in [-0.39, 0.29) is 40.9 Å². The Hall–Kier alpha value is -2.18. The van der Waals surface area contributed by atoms with Gasteiger partial charge in [-0.25, -0.2) is 21.6 Å². The van der Waals surface area contributed by atoms with E-state index in [1.807, 2.05) is 0 Å². The maximum Gasteiger partial charge on any atom is 0.240 e. The van der Waals surface area contributed by atoms with Crippen molar-refractivity contribution in [1.82, 2.24) is 4.72 Å².